The van der Waals surface area contributed by atoms with Gasteiger partial charge in [-0.1, -0.05) is 6.07 Å². The van der Waals surface area contributed by atoms with E-state index in [1.54, 1.807) is 13.2 Å². The van der Waals surface area contributed by atoms with Crippen molar-refractivity contribution in [3.63, 3.8) is 0 Å². The first-order valence-corrected chi connectivity index (χ1v) is 7.25. The molecule has 0 fully saturated rings. The number of hydrogen-bond acceptors (Lipinski definition) is 4. The lowest BCUT2D eigenvalue weighted by Crippen LogP contribution is -2.03. The van der Waals surface area contributed by atoms with Gasteiger partial charge in [-0.2, -0.15) is 13.2 Å². The predicted molar refractivity (Wildman–Crippen MR) is 79.1 cm³/mol. The fraction of sp³-hybridized carbons (Fsp3) is 0.200. The third-order valence-corrected chi connectivity index (χ3v) is 4.18. The van der Waals surface area contributed by atoms with Crippen molar-refractivity contribution >= 4 is 22.2 Å². The summed E-state index contributed by atoms with van der Waals surface area (Å²) in [5.41, 5.74) is 2.17. The van der Waals surface area contributed by atoms with E-state index in [1.807, 2.05) is 25.1 Å². The summed E-state index contributed by atoms with van der Waals surface area (Å²) in [7, 11) is 1.56. The van der Waals surface area contributed by atoms with Gasteiger partial charge in [0.05, 0.1) is 18.3 Å². The van der Waals surface area contributed by atoms with Crippen LogP contribution in [0.2, 0.25) is 0 Å². The van der Waals surface area contributed by atoms with Gasteiger partial charge in [-0.15, -0.1) is 11.3 Å². The minimum Gasteiger partial charge on any atom is -0.496 e. The molecule has 3 rings (SSSR count). The van der Waals surface area contributed by atoms with Crippen molar-refractivity contribution < 1.29 is 17.9 Å². The summed E-state index contributed by atoms with van der Waals surface area (Å²) in [4.78, 5) is 8.08. The number of pyridine rings is 1. The second-order valence-corrected chi connectivity index (χ2v) is 5.55. The Kier molecular flexibility index (Phi) is 3.52. The standard InChI is InChI=1S/C15H11F3N2OS/c1-8-12(21-2)6-4-9-3-5-10(19-13(8)9)11-7-22-14(20-11)15(16,17)18/h3-7H,1-2H3. The average Bonchev–Trinajstić information content (AvgIpc) is 2.97. The lowest BCUT2D eigenvalue weighted by atomic mass is 10.1. The second-order valence-electron chi connectivity index (χ2n) is 4.70. The van der Waals surface area contributed by atoms with Crippen LogP contribution in [0.15, 0.2) is 29.6 Å². The van der Waals surface area contributed by atoms with E-state index in [-0.39, 0.29) is 5.69 Å². The number of hydrogen-bond donors (Lipinski definition) is 0. The molecule has 0 aliphatic rings. The van der Waals surface area contributed by atoms with E-state index in [0.717, 1.165) is 10.9 Å². The molecule has 3 aromatic rings. The number of aryl methyl sites for hydroxylation is 1. The monoisotopic (exact) mass is 324 g/mol. The van der Waals surface area contributed by atoms with Crippen molar-refractivity contribution in [3.05, 3.63) is 40.2 Å². The molecular weight excluding hydrogens is 313 g/mol. The Morgan fingerprint density at radius 3 is 2.41 bits per heavy atom. The highest BCUT2D eigenvalue weighted by atomic mass is 32.1. The van der Waals surface area contributed by atoms with E-state index < -0.39 is 11.2 Å². The number of halogens is 3. The molecule has 0 amide bonds. The number of nitrogens with zero attached hydrogens (tertiary/aromatic N) is 2. The van der Waals surface area contributed by atoms with Crippen molar-refractivity contribution in [1.82, 2.24) is 9.97 Å². The van der Waals surface area contributed by atoms with Gasteiger partial charge >= 0.3 is 6.18 Å². The molecule has 0 saturated heterocycles. The van der Waals surface area contributed by atoms with Crippen molar-refractivity contribution in [3.8, 4) is 17.1 Å². The van der Waals surface area contributed by atoms with Crippen LogP contribution in [0.1, 0.15) is 10.6 Å². The second kappa shape index (κ2) is 5.24. The van der Waals surface area contributed by atoms with Crippen LogP contribution in [0.4, 0.5) is 13.2 Å². The minimum absolute atomic E-state index is 0.224. The van der Waals surface area contributed by atoms with E-state index in [0.29, 0.717) is 28.3 Å². The molecule has 22 heavy (non-hydrogen) atoms. The third kappa shape index (κ3) is 2.52. The lowest BCUT2D eigenvalue weighted by molar-refractivity contribution is -0.137. The molecule has 7 heteroatoms. The average molecular weight is 324 g/mol. The van der Waals surface area contributed by atoms with Crippen LogP contribution in [0.5, 0.6) is 5.75 Å². The van der Waals surface area contributed by atoms with Crippen molar-refractivity contribution in [2.45, 2.75) is 13.1 Å². The largest absolute Gasteiger partial charge is 0.496 e. The molecule has 0 N–H and O–H groups in total. The first-order valence-electron chi connectivity index (χ1n) is 6.37. The van der Waals surface area contributed by atoms with Crippen molar-refractivity contribution in [1.29, 1.82) is 0 Å². The maximum atomic E-state index is 12.6. The Bertz CT molecular complexity index is 842. The summed E-state index contributed by atoms with van der Waals surface area (Å²) < 4.78 is 43.2. The van der Waals surface area contributed by atoms with E-state index in [9.17, 15) is 13.2 Å². The molecule has 2 heterocycles. The zero-order valence-corrected chi connectivity index (χ0v) is 12.5. The molecule has 0 bridgehead atoms. The Morgan fingerprint density at radius 2 is 1.77 bits per heavy atom. The van der Waals surface area contributed by atoms with Gasteiger partial charge in [-0.25, -0.2) is 9.97 Å². The highest BCUT2D eigenvalue weighted by molar-refractivity contribution is 7.10. The Labute approximate surface area is 128 Å². The Balaban J connectivity index is 2.12. The minimum atomic E-state index is -4.43. The number of benzene rings is 1. The molecule has 1 aromatic carbocycles. The number of methoxy groups -OCH3 is 1. The van der Waals surface area contributed by atoms with Crippen LogP contribution in [0.25, 0.3) is 22.3 Å². The molecule has 0 aliphatic carbocycles. The van der Waals surface area contributed by atoms with Gasteiger partial charge in [0.1, 0.15) is 11.4 Å². The number of ether oxygens (including phenoxy) is 1. The molecule has 0 atom stereocenters. The van der Waals surface area contributed by atoms with Gasteiger partial charge in [-0.05, 0) is 25.1 Å². The fourth-order valence-corrected chi connectivity index (χ4v) is 2.88. The van der Waals surface area contributed by atoms with E-state index in [1.165, 1.54) is 5.38 Å². The molecule has 0 spiro atoms. The molecule has 114 valence electrons. The molecule has 0 aliphatic heterocycles. The number of alkyl halides is 3. The number of thiazole rings is 1. The third-order valence-electron chi connectivity index (χ3n) is 3.29. The quantitative estimate of drug-likeness (QED) is 0.686. The topological polar surface area (TPSA) is 35.0 Å². The van der Waals surface area contributed by atoms with Gasteiger partial charge in [0.15, 0.2) is 5.01 Å². The van der Waals surface area contributed by atoms with Gasteiger partial charge in [0.2, 0.25) is 0 Å². The highest BCUT2D eigenvalue weighted by Crippen LogP contribution is 2.34. The number of aromatic nitrogens is 2. The van der Waals surface area contributed by atoms with E-state index in [4.69, 9.17) is 4.74 Å². The van der Waals surface area contributed by atoms with Crippen LogP contribution in [0.3, 0.4) is 0 Å². The highest BCUT2D eigenvalue weighted by Gasteiger charge is 2.34. The zero-order chi connectivity index (χ0) is 15.9. The Morgan fingerprint density at radius 1 is 1.05 bits per heavy atom. The van der Waals surface area contributed by atoms with Crippen LogP contribution >= 0.6 is 11.3 Å². The zero-order valence-electron chi connectivity index (χ0n) is 11.7. The maximum Gasteiger partial charge on any atom is 0.443 e. The first kappa shape index (κ1) is 14.8. The van der Waals surface area contributed by atoms with Gasteiger partial charge in [0.25, 0.3) is 0 Å². The summed E-state index contributed by atoms with van der Waals surface area (Å²) in [6, 6.07) is 7.18. The summed E-state index contributed by atoms with van der Waals surface area (Å²) in [6.45, 7) is 1.86. The summed E-state index contributed by atoms with van der Waals surface area (Å²) in [6.07, 6.45) is -4.43. The van der Waals surface area contributed by atoms with Crippen LogP contribution in [-0.2, 0) is 6.18 Å². The lowest BCUT2D eigenvalue weighted by Gasteiger charge is -2.08. The number of rotatable bonds is 2. The van der Waals surface area contributed by atoms with Crippen LogP contribution in [0, 0.1) is 6.92 Å². The fourth-order valence-electron chi connectivity index (χ4n) is 2.20. The summed E-state index contributed by atoms with van der Waals surface area (Å²) in [5, 5.41) is 1.40. The molecular formula is C15H11F3N2OS. The molecule has 3 nitrogen and oxygen atoms in total. The van der Waals surface area contributed by atoms with E-state index in [2.05, 4.69) is 9.97 Å². The number of fused-ring (bicyclic) bond motifs is 1. The Hall–Kier alpha value is -2.15. The maximum absolute atomic E-state index is 12.6. The summed E-state index contributed by atoms with van der Waals surface area (Å²) >= 11 is 0.568. The van der Waals surface area contributed by atoms with Crippen LogP contribution < -0.4 is 4.74 Å². The van der Waals surface area contributed by atoms with E-state index >= 15 is 0 Å². The molecule has 0 saturated carbocycles. The van der Waals surface area contributed by atoms with Crippen LogP contribution in [-0.4, -0.2) is 17.1 Å². The smallest absolute Gasteiger partial charge is 0.443 e. The normalized spacial score (nSPS) is 11.9. The molecule has 0 radical (unpaired) electrons. The van der Waals surface area contributed by atoms with Gasteiger partial charge in [0, 0.05) is 16.3 Å². The molecule has 2 aromatic heterocycles. The van der Waals surface area contributed by atoms with Gasteiger partial charge < -0.3 is 4.74 Å². The predicted octanol–water partition coefficient (Wildman–Crippen LogP) is 4.69. The molecule has 0 unspecified atom stereocenters. The summed E-state index contributed by atoms with van der Waals surface area (Å²) in [5.74, 6) is 0.686. The van der Waals surface area contributed by atoms with Gasteiger partial charge in [-0.3, -0.25) is 0 Å². The first-order chi connectivity index (χ1) is 10.4. The SMILES string of the molecule is COc1ccc2ccc(-c3csc(C(F)(F)F)n3)nc2c1C. The van der Waals surface area contributed by atoms with Crippen molar-refractivity contribution in [2.75, 3.05) is 7.11 Å². The van der Waals surface area contributed by atoms with Crippen molar-refractivity contribution in [2.24, 2.45) is 0 Å².